The molecule has 1 aromatic rings. The second-order valence-corrected chi connectivity index (χ2v) is 4.75. The Morgan fingerprint density at radius 3 is 2.70 bits per heavy atom. The fourth-order valence-corrected chi connectivity index (χ4v) is 2.39. The van der Waals surface area contributed by atoms with E-state index in [1.165, 1.54) is 15.9 Å². The van der Waals surface area contributed by atoms with Crippen molar-refractivity contribution in [3.05, 3.63) is 30.1 Å². The zero-order valence-corrected chi connectivity index (χ0v) is 11.3. The van der Waals surface area contributed by atoms with Crippen molar-refractivity contribution < 1.29 is 19.1 Å². The number of anilines is 1. The van der Waals surface area contributed by atoms with Crippen LogP contribution in [-0.2, 0) is 4.79 Å². The number of rotatable bonds is 3. The summed E-state index contributed by atoms with van der Waals surface area (Å²) in [7, 11) is 0. The molecule has 0 saturated carbocycles. The summed E-state index contributed by atoms with van der Waals surface area (Å²) in [6.07, 6.45) is 0.440. The molecular weight excluding hydrogens is 263 g/mol. The normalized spacial score (nSPS) is 18.1. The zero-order valence-electron chi connectivity index (χ0n) is 11.3. The van der Waals surface area contributed by atoms with E-state index in [1.54, 1.807) is 25.1 Å². The van der Waals surface area contributed by atoms with Crippen molar-refractivity contribution in [2.45, 2.75) is 13.3 Å². The van der Waals surface area contributed by atoms with Gasteiger partial charge in [0.2, 0.25) is 0 Å². The number of halogens is 1. The van der Waals surface area contributed by atoms with E-state index in [0.717, 1.165) is 0 Å². The van der Waals surface area contributed by atoms with Gasteiger partial charge in [-0.2, -0.15) is 0 Å². The first-order valence-corrected chi connectivity index (χ1v) is 6.58. The summed E-state index contributed by atoms with van der Waals surface area (Å²) in [6, 6.07) is 5.73. The second-order valence-electron chi connectivity index (χ2n) is 4.75. The number of amides is 2. The Bertz CT molecular complexity index is 521. The molecule has 1 aliphatic rings. The van der Waals surface area contributed by atoms with E-state index in [-0.39, 0.29) is 18.3 Å². The van der Waals surface area contributed by atoms with Crippen LogP contribution in [0.2, 0.25) is 0 Å². The predicted octanol–water partition coefficient (Wildman–Crippen LogP) is 2.18. The minimum atomic E-state index is -0.894. The van der Waals surface area contributed by atoms with Crippen LogP contribution in [0, 0.1) is 11.7 Å². The smallest absolute Gasteiger partial charge is 0.324 e. The van der Waals surface area contributed by atoms with Gasteiger partial charge in [0.15, 0.2) is 0 Å². The third-order valence-corrected chi connectivity index (χ3v) is 3.50. The van der Waals surface area contributed by atoms with Crippen LogP contribution in [0.15, 0.2) is 24.3 Å². The topological polar surface area (TPSA) is 60.9 Å². The van der Waals surface area contributed by atoms with Crippen molar-refractivity contribution in [1.82, 2.24) is 4.90 Å². The fourth-order valence-electron chi connectivity index (χ4n) is 2.39. The molecule has 0 aliphatic carbocycles. The number of carboxylic acids is 1. The van der Waals surface area contributed by atoms with Crippen LogP contribution < -0.4 is 4.90 Å². The Morgan fingerprint density at radius 1 is 1.45 bits per heavy atom. The molecule has 0 radical (unpaired) electrons. The lowest BCUT2D eigenvalue weighted by Crippen LogP contribution is -2.42. The number of hydrogen-bond donors (Lipinski definition) is 1. The molecule has 1 unspecified atom stereocenters. The zero-order chi connectivity index (χ0) is 14.7. The molecule has 1 aromatic carbocycles. The van der Waals surface area contributed by atoms with Crippen molar-refractivity contribution in [2.24, 2.45) is 5.92 Å². The predicted molar refractivity (Wildman–Crippen MR) is 72.1 cm³/mol. The monoisotopic (exact) mass is 280 g/mol. The Hall–Kier alpha value is -2.11. The van der Waals surface area contributed by atoms with Gasteiger partial charge in [0.05, 0.1) is 11.6 Å². The number of carbonyl (C=O) groups is 2. The minimum Gasteiger partial charge on any atom is -0.481 e. The molecule has 1 atom stereocenters. The number of likely N-dealkylation sites (tertiary alicyclic amines) is 1. The van der Waals surface area contributed by atoms with Crippen molar-refractivity contribution >= 4 is 17.7 Å². The first-order chi connectivity index (χ1) is 9.54. The largest absolute Gasteiger partial charge is 0.481 e. The maximum absolute atomic E-state index is 13.8. The SMILES string of the molecule is CCN(C(=O)N1CCC(C(=O)O)C1)c1ccccc1F. The highest BCUT2D eigenvalue weighted by Crippen LogP contribution is 2.23. The molecule has 1 heterocycles. The molecule has 0 bridgehead atoms. The van der Waals surface area contributed by atoms with Crippen LogP contribution in [-0.4, -0.2) is 41.6 Å². The molecular formula is C14H17FN2O3. The van der Waals surface area contributed by atoms with Crippen molar-refractivity contribution in [2.75, 3.05) is 24.5 Å². The summed E-state index contributed by atoms with van der Waals surface area (Å²) in [4.78, 5) is 26.1. The summed E-state index contributed by atoms with van der Waals surface area (Å²) in [5, 5.41) is 8.96. The first kappa shape index (κ1) is 14.3. The van der Waals surface area contributed by atoms with E-state index >= 15 is 0 Å². The molecule has 20 heavy (non-hydrogen) atoms. The Kier molecular flexibility index (Phi) is 4.22. The van der Waals surface area contributed by atoms with E-state index in [9.17, 15) is 14.0 Å². The second kappa shape index (κ2) is 5.90. The van der Waals surface area contributed by atoms with Crippen molar-refractivity contribution in [3.63, 3.8) is 0 Å². The Balaban J connectivity index is 2.15. The van der Waals surface area contributed by atoms with Gasteiger partial charge in [-0.3, -0.25) is 9.69 Å². The standard InChI is InChI=1S/C14H17FN2O3/c1-2-17(12-6-4-3-5-11(12)15)14(20)16-8-7-10(9-16)13(18)19/h3-6,10H,2,7-9H2,1H3,(H,18,19). The van der Waals surface area contributed by atoms with Crippen LogP contribution in [0.3, 0.4) is 0 Å². The fraction of sp³-hybridized carbons (Fsp3) is 0.429. The molecule has 0 spiro atoms. The van der Waals surface area contributed by atoms with Gasteiger partial charge in [0.1, 0.15) is 5.82 Å². The highest BCUT2D eigenvalue weighted by molar-refractivity contribution is 5.92. The summed E-state index contributed by atoms with van der Waals surface area (Å²) in [5.41, 5.74) is 0.221. The van der Waals surface area contributed by atoms with Gasteiger partial charge >= 0.3 is 12.0 Å². The quantitative estimate of drug-likeness (QED) is 0.923. The molecule has 1 saturated heterocycles. The third-order valence-electron chi connectivity index (χ3n) is 3.50. The van der Waals surface area contributed by atoms with Crippen LogP contribution in [0.5, 0.6) is 0 Å². The summed E-state index contributed by atoms with van der Waals surface area (Å²) < 4.78 is 13.8. The minimum absolute atomic E-state index is 0.180. The Labute approximate surface area is 116 Å². The highest BCUT2D eigenvalue weighted by Gasteiger charge is 2.33. The number of aliphatic carboxylic acids is 1. The highest BCUT2D eigenvalue weighted by atomic mass is 19.1. The Morgan fingerprint density at radius 2 is 2.15 bits per heavy atom. The number of benzene rings is 1. The molecule has 1 fully saturated rings. The van der Waals surface area contributed by atoms with E-state index in [0.29, 0.717) is 19.5 Å². The number of carboxylic acid groups (broad SMARTS) is 1. The lowest BCUT2D eigenvalue weighted by molar-refractivity contribution is -0.141. The maximum atomic E-state index is 13.8. The van der Waals surface area contributed by atoms with Gasteiger partial charge in [-0.25, -0.2) is 9.18 Å². The van der Waals surface area contributed by atoms with E-state index in [2.05, 4.69) is 0 Å². The third kappa shape index (κ3) is 2.74. The molecule has 0 aromatic heterocycles. The number of hydrogen-bond acceptors (Lipinski definition) is 2. The number of para-hydroxylation sites is 1. The molecule has 108 valence electrons. The van der Waals surface area contributed by atoms with E-state index in [1.807, 2.05) is 0 Å². The van der Waals surface area contributed by atoms with Crippen molar-refractivity contribution in [1.29, 1.82) is 0 Å². The van der Waals surface area contributed by atoms with Crippen LogP contribution in [0.4, 0.5) is 14.9 Å². The first-order valence-electron chi connectivity index (χ1n) is 6.58. The van der Waals surface area contributed by atoms with Gasteiger partial charge in [0, 0.05) is 19.6 Å². The molecule has 2 amide bonds. The lowest BCUT2D eigenvalue weighted by atomic mass is 10.1. The lowest BCUT2D eigenvalue weighted by Gasteiger charge is -2.27. The average Bonchev–Trinajstić information content (AvgIpc) is 2.91. The van der Waals surface area contributed by atoms with Crippen LogP contribution in [0.25, 0.3) is 0 Å². The summed E-state index contributed by atoms with van der Waals surface area (Å²) in [5.74, 6) is -1.89. The molecule has 1 aliphatic heterocycles. The van der Waals surface area contributed by atoms with Gasteiger partial charge in [0.25, 0.3) is 0 Å². The van der Waals surface area contributed by atoms with Gasteiger partial charge in [-0.05, 0) is 25.5 Å². The molecule has 2 rings (SSSR count). The van der Waals surface area contributed by atoms with Gasteiger partial charge < -0.3 is 10.0 Å². The molecule has 5 nitrogen and oxygen atoms in total. The maximum Gasteiger partial charge on any atom is 0.324 e. The number of carbonyl (C=O) groups excluding carboxylic acids is 1. The average molecular weight is 280 g/mol. The summed E-state index contributed by atoms with van der Waals surface area (Å²) >= 11 is 0. The van der Waals surface area contributed by atoms with Crippen LogP contribution >= 0.6 is 0 Å². The number of nitrogens with zero attached hydrogens (tertiary/aromatic N) is 2. The molecule has 1 N–H and O–H groups in total. The van der Waals surface area contributed by atoms with E-state index in [4.69, 9.17) is 5.11 Å². The van der Waals surface area contributed by atoms with Crippen LogP contribution in [0.1, 0.15) is 13.3 Å². The molecule has 6 heteroatoms. The van der Waals surface area contributed by atoms with Gasteiger partial charge in [-0.1, -0.05) is 12.1 Å². The summed E-state index contributed by atoms with van der Waals surface area (Å²) in [6.45, 7) is 2.66. The van der Waals surface area contributed by atoms with Gasteiger partial charge in [-0.15, -0.1) is 0 Å². The van der Waals surface area contributed by atoms with Crippen molar-refractivity contribution in [3.8, 4) is 0 Å². The van der Waals surface area contributed by atoms with E-state index < -0.39 is 17.7 Å². The number of urea groups is 1.